The van der Waals surface area contributed by atoms with Crippen LogP contribution < -0.4 is 10.6 Å². The number of rotatable bonds is 3. The van der Waals surface area contributed by atoms with Crippen LogP contribution in [0.25, 0.3) is 0 Å². The molecule has 0 radical (unpaired) electrons. The highest BCUT2D eigenvalue weighted by Gasteiger charge is 2.40. The zero-order chi connectivity index (χ0) is 11.4. The fourth-order valence-electron chi connectivity index (χ4n) is 2.39. The summed E-state index contributed by atoms with van der Waals surface area (Å²) in [6.45, 7) is 1.25. The minimum Gasteiger partial charge on any atom is -0.374 e. The molecule has 0 bridgehead atoms. The first-order valence-electron chi connectivity index (χ1n) is 5.90. The van der Waals surface area contributed by atoms with Gasteiger partial charge in [0, 0.05) is 25.4 Å². The normalized spacial score (nSPS) is 34.2. The van der Waals surface area contributed by atoms with Gasteiger partial charge in [0.05, 0.1) is 12.1 Å². The lowest BCUT2D eigenvalue weighted by Gasteiger charge is -2.38. The Hall–Kier alpha value is -0.260. The molecule has 2 saturated heterocycles. The van der Waals surface area contributed by atoms with E-state index in [2.05, 4.69) is 10.6 Å². The van der Waals surface area contributed by atoms with Crippen molar-refractivity contribution in [1.29, 1.82) is 0 Å². The van der Waals surface area contributed by atoms with Gasteiger partial charge in [-0.1, -0.05) is 0 Å². The Bertz CT molecular complexity index is 254. The molecule has 2 rings (SSSR count). The molecule has 16 heavy (non-hydrogen) atoms. The summed E-state index contributed by atoms with van der Waals surface area (Å²) in [5.74, 6) is 2.38. The molecule has 0 aliphatic carbocycles. The number of nitrogens with one attached hydrogen (secondary N) is 2. The maximum atomic E-state index is 11.2. The van der Waals surface area contributed by atoms with Crippen molar-refractivity contribution in [1.82, 2.24) is 10.6 Å². The molecule has 2 fully saturated rings. The Labute approximate surface area is 101 Å². The Balaban J connectivity index is 1.80. The third-order valence-corrected chi connectivity index (χ3v) is 4.61. The van der Waals surface area contributed by atoms with Crippen molar-refractivity contribution in [2.75, 3.05) is 31.7 Å². The van der Waals surface area contributed by atoms with E-state index in [9.17, 15) is 4.79 Å². The van der Waals surface area contributed by atoms with Gasteiger partial charge in [-0.3, -0.25) is 4.79 Å². The summed E-state index contributed by atoms with van der Waals surface area (Å²) in [5, 5.41) is 5.95. The van der Waals surface area contributed by atoms with E-state index >= 15 is 0 Å². The maximum Gasteiger partial charge on any atom is 0.233 e. The van der Waals surface area contributed by atoms with E-state index in [1.165, 1.54) is 5.75 Å². The van der Waals surface area contributed by atoms with E-state index in [1.807, 2.05) is 11.8 Å². The molecule has 0 aromatic rings. The molecule has 5 heteroatoms. The van der Waals surface area contributed by atoms with E-state index in [0.29, 0.717) is 12.6 Å². The summed E-state index contributed by atoms with van der Waals surface area (Å²) in [7, 11) is 1.67. The lowest BCUT2D eigenvalue weighted by molar-refractivity contribution is -0.120. The minimum absolute atomic E-state index is 0.0568. The van der Waals surface area contributed by atoms with Crippen LogP contribution in [0.4, 0.5) is 0 Å². The Morgan fingerprint density at radius 3 is 3.19 bits per heavy atom. The molecule has 2 aliphatic heterocycles. The van der Waals surface area contributed by atoms with Crippen molar-refractivity contribution in [3.8, 4) is 0 Å². The third-order valence-electron chi connectivity index (χ3n) is 3.39. The number of hydrogen-bond acceptors (Lipinski definition) is 4. The summed E-state index contributed by atoms with van der Waals surface area (Å²) >= 11 is 1.98. The van der Waals surface area contributed by atoms with Gasteiger partial charge in [0.15, 0.2) is 0 Å². The Morgan fingerprint density at radius 2 is 2.50 bits per heavy atom. The second-order valence-corrected chi connectivity index (χ2v) is 5.68. The van der Waals surface area contributed by atoms with Crippen molar-refractivity contribution in [3.63, 3.8) is 0 Å². The summed E-state index contributed by atoms with van der Waals surface area (Å²) < 4.78 is 5.93. The predicted molar refractivity (Wildman–Crippen MR) is 65.7 cm³/mol. The van der Waals surface area contributed by atoms with E-state index in [4.69, 9.17) is 4.74 Å². The molecule has 0 aromatic heterocycles. The average molecular weight is 244 g/mol. The Morgan fingerprint density at radius 1 is 1.62 bits per heavy atom. The second-order valence-electron chi connectivity index (χ2n) is 4.58. The van der Waals surface area contributed by atoms with Crippen LogP contribution >= 0.6 is 11.8 Å². The van der Waals surface area contributed by atoms with Crippen LogP contribution in [0, 0.1) is 0 Å². The fraction of sp³-hybridized carbons (Fsp3) is 0.909. The van der Waals surface area contributed by atoms with Crippen molar-refractivity contribution in [2.24, 2.45) is 0 Å². The molecule has 2 atom stereocenters. The number of carbonyl (C=O) groups excluding carboxylic acids is 1. The van der Waals surface area contributed by atoms with Gasteiger partial charge in [0.2, 0.25) is 5.91 Å². The largest absolute Gasteiger partial charge is 0.374 e. The number of ether oxygens (including phenoxy) is 1. The molecule has 0 aromatic carbocycles. The third kappa shape index (κ3) is 2.90. The highest BCUT2D eigenvalue weighted by Crippen LogP contribution is 2.38. The first kappa shape index (κ1) is 12.2. The Kier molecular flexibility index (Phi) is 4.10. The minimum atomic E-state index is 0.0568. The number of amides is 1. The molecule has 2 unspecified atom stereocenters. The molecule has 1 spiro atoms. The average Bonchev–Trinajstić information content (AvgIpc) is 2.74. The zero-order valence-corrected chi connectivity index (χ0v) is 10.6. The van der Waals surface area contributed by atoms with E-state index in [1.54, 1.807) is 7.05 Å². The summed E-state index contributed by atoms with van der Waals surface area (Å²) in [6.07, 6.45) is 3.23. The van der Waals surface area contributed by atoms with Gasteiger partial charge in [-0.2, -0.15) is 11.8 Å². The lowest BCUT2D eigenvalue weighted by Crippen LogP contribution is -2.49. The summed E-state index contributed by atoms with van der Waals surface area (Å²) in [6, 6.07) is 0.435. The van der Waals surface area contributed by atoms with Gasteiger partial charge in [0.1, 0.15) is 0 Å². The smallest absolute Gasteiger partial charge is 0.233 e. The van der Waals surface area contributed by atoms with Crippen molar-refractivity contribution >= 4 is 17.7 Å². The van der Waals surface area contributed by atoms with Gasteiger partial charge >= 0.3 is 0 Å². The van der Waals surface area contributed by atoms with Gasteiger partial charge in [0.25, 0.3) is 0 Å². The molecule has 2 heterocycles. The lowest BCUT2D eigenvalue weighted by atomic mass is 9.90. The summed E-state index contributed by atoms with van der Waals surface area (Å²) in [5.41, 5.74) is 0.100. The molecule has 4 nitrogen and oxygen atoms in total. The highest BCUT2D eigenvalue weighted by molar-refractivity contribution is 7.99. The summed E-state index contributed by atoms with van der Waals surface area (Å²) in [4.78, 5) is 11.2. The van der Waals surface area contributed by atoms with Crippen molar-refractivity contribution in [3.05, 3.63) is 0 Å². The molecule has 2 N–H and O–H groups in total. The number of hydrogen-bond donors (Lipinski definition) is 2. The van der Waals surface area contributed by atoms with E-state index in [-0.39, 0.29) is 11.5 Å². The SMILES string of the molecule is CNC(=O)CNC1CCOC2(CCSC2)C1. The van der Waals surface area contributed by atoms with Crippen LogP contribution in [0.15, 0.2) is 0 Å². The van der Waals surface area contributed by atoms with Crippen LogP contribution in [0.3, 0.4) is 0 Å². The molecular formula is C11H20N2O2S. The molecule has 2 aliphatic rings. The quantitative estimate of drug-likeness (QED) is 0.753. The van der Waals surface area contributed by atoms with Crippen LogP contribution in [-0.2, 0) is 9.53 Å². The zero-order valence-electron chi connectivity index (χ0n) is 9.75. The first-order chi connectivity index (χ1) is 7.74. The van der Waals surface area contributed by atoms with Crippen molar-refractivity contribution < 1.29 is 9.53 Å². The second kappa shape index (κ2) is 5.38. The van der Waals surface area contributed by atoms with E-state index in [0.717, 1.165) is 31.6 Å². The maximum absolute atomic E-state index is 11.2. The van der Waals surface area contributed by atoms with Gasteiger partial charge < -0.3 is 15.4 Å². The van der Waals surface area contributed by atoms with Crippen LogP contribution in [-0.4, -0.2) is 49.3 Å². The van der Waals surface area contributed by atoms with Crippen LogP contribution in [0.1, 0.15) is 19.3 Å². The predicted octanol–water partition coefficient (Wildman–Crippen LogP) is 0.377. The molecule has 1 amide bonds. The van der Waals surface area contributed by atoms with Crippen LogP contribution in [0.5, 0.6) is 0 Å². The first-order valence-corrected chi connectivity index (χ1v) is 7.05. The van der Waals surface area contributed by atoms with Gasteiger partial charge in [-0.05, 0) is 25.0 Å². The van der Waals surface area contributed by atoms with E-state index < -0.39 is 0 Å². The number of carbonyl (C=O) groups is 1. The number of likely N-dealkylation sites (N-methyl/N-ethyl adjacent to an activating group) is 1. The van der Waals surface area contributed by atoms with Gasteiger partial charge in [-0.25, -0.2) is 0 Å². The van der Waals surface area contributed by atoms with Gasteiger partial charge in [-0.15, -0.1) is 0 Å². The van der Waals surface area contributed by atoms with Crippen LogP contribution in [0.2, 0.25) is 0 Å². The topological polar surface area (TPSA) is 50.4 Å². The standard InChI is InChI=1S/C11H20N2O2S/c1-12-10(14)7-13-9-2-4-15-11(6-9)3-5-16-8-11/h9,13H,2-8H2,1H3,(H,12,14). The molecule has 92 valence electrons. The van der Waals surface area contributed by atoms with Crippen molar-refractivity contribution in [2.45, 2.75) is 30.9 Å². The number of thioether (sulfide) groups is 1. The molecule has 0 saturated carbocycles. The highest BCUT2D eigenvalue weighted by atomic mass is 32.2. The monoisotopic (exact) mass is 244 g/mol. The molecular weight excluding hydrogens is 224 g/mol. The fourth-order valence-corrected chi connectivity index (χ4v) is 3.77.